The third-order valence-corrected chi connectivity index (χ3v) is 4.06. The van der Waals surface area contributed by atoms with Gasteiger partial charge in [0.15, 0.2) is 0 Å². The van der Waals surface area contributed by atoms with E-state index in [4.69, 9.17) is 4.74 Å². The Morgan fingerprint density at radius 1 is 1.30 bits per heavy atom. The van der Waals surface area contributed by atoms with Crippen molar-refractivity contribution < 1.29 is 9.53 Å². The van der Waals surface area contributed by atoms with Crippen LogP contribution in [0.3, 0.4) is 0 Å². The van der Waals surface area contributed by atoms with E-state index in [-0.39, 0.29) is 11.8 Å². The van der Waals surface area contributed by atoms with E-state index in [0.717, 1.165) is 37.2 Å². The highest BCUT2D eigenvalue weighted by Gasteiger charge is 2.20. The maximum Gasteiger partial charge on any atom is 0.223 e. The monoisotopic (exact) mass is 276 g/mol. The van der Waals surface area contributed by atoms with Crippen LogP contribution in [-0.2, 0) is 11.3 Å². The first-order chi connectivity index (χ1) is 9.61. The average molecular weight is 276 g/mol. The zero-order chi connectivity index (χ0) is 14.5. The minimum absolute atomic E-state index is 0.147. The summed E-state index contributed by atoms with van der Waals surface area (Å²) in [7, 11) is 1.67. The van der Waals surface area contributed by atoms with Crippen molar-refractivity contribution in [1.82, 2.24) is 10.6 Å². The summed E-state index contributed by atoms with van der Waals surface area (Å²) in [5.41, 5.74) is 3.46. The second-order valence-electron chi connectivity index (χ2n) is 5.49. The normalized spacial score (nSPS) is 15.9. The SMILES string of the molecule is COc1cc(C)c(C)cc1CNC(=O)C1CCNCC1. The number of piperidine rings is 1. The van der Waals surface area contributed by atoms with Gasteiger partial charge in [-0.2, -0.15) is 0 Å². The number of benzene rings is 1. The first-order valence-electron chi connectivity index (χ1n) is 7.24. The van der Waals surface area contributed by atoms with E-state index in [1.54, 1.807) is 7.11 Å². The fourth-order valence-corrected chi connectivity index (χ4v) is 2.59. The van der Waals surface area contributed by atoms with Gasteiger partial charge in [-0.25, -0.2) is 0 Å². The van der Waals surface area contributed by atoms with Crippen LogP contribution in [0.1, 0.15) is 29.5 Å². The average Bonchev–Trinajstić information content (AvgIpc) is 2.48. The molecule has 0 radical (unpaired) electrons. The summed E-state index contributed by atoms with van der Waals surface area (Å²) in [4.78, 5) is 12.1. The number of rotatable bonds is 4. The minimum Gasteiger partial charge on any atom is -0.496 e. The van der Waals surface area contributed by atoms with Gasteiger partial charge >= 0.3 is 0 Å². The predicted molar refractivity (Wildman–Crippen MR) is 79.9 cm³/mol. The van der Waals surface area contributed by atoms with E-state index in [1.807, 2.05) is 6.07 Å². The van der Waals surface area contributed by atoms with Gasteiger partial charge in [0.2, 0.25) is 5.91 Å². The van der Waals surface area contributed by atoms with Crippen molar-refractivity contribution in [3.63, 3.8) is 0 Å². The maximum atomic E-state index is 12.1. The van der Waals surface area contributed by atoms with Gasteiger partial charge < -0.3 is 15.4 Å². The Morgan fingerprint density at radius 3 is 2.60 bits per heavy atom. The zero-order valence-corrected chi connectivity index (χ0v) is 12.6. The van der Waals surface area contributed by atoms with Crippen molar-refractivity contribution in [2.45, 2.75) is 33.2 Å². The molecule has 1 saturated heterocycles. The number of hydrogen-bond donors (Lipinski definition) is 2. The molecule has 1 heterocycles. The lowest BCUT2D eigenvalue weighted by Crippen LogP contribution is -2.37. The molecule has 0 unspecified atom stereocenters. The van der Waals surface area contributed by atoms with Gasteiger partial charge in [0, 0.05) is 18.0 Å². The van der Waals surface area contributed by atoms with Crippen LogP contribution in [0.5, 0.6) is 5.75 Å². The highest BCUT2D eigenvalue weighted by molar-refractivity contribution is 5.78. The second kappa shape index (κ2) is 6.75. The zero-order valence-electron chi connectivity index (χ0n) is 12.6. The lowest BCUT2D eigenvalue weighted by Gasteiger charge is -2.22. The summed E-state index contributed by atoms with van der Waals surface area (Å²) >= 11 is 0. The first-order valence-corrected chi connectivity index (χ1v) is 7.24. The summed E-state index contributed by atoms with van der Waals surface area (Å²) < 4.78 is 5.40. The van der Waals surface area contributed by atoms with Crippen molar-refractivity contribution >= 4 is 5.91 Å². The van der Waals surface area contributed by atoms with Gasteiger partial charge in [-0.05, 0) is 57.0 Å². The van der Waals surface area contributed by atoms with Crippen LogP contribution in [0, 0.1) is 19.8 Å². The number of hydrogen-bond acceptors (Lipinski definition) is 3. The summed E-state index contributed by atoms with van der Waals surface area (Å²) in [6, 6.07) is 4.12. The molecule has 2 N–H and O–H groups in total. The largest absolute Gasteiger partial charge is 0.496 e. The quantitative estimate of drug-likeness (QED) is 0.883. The van der Waals surface area contributed by atoms with E-state index >= 15 is 0 Å². The fraction of sp³-hybridized carbons (Fsp3) is 0.562. The molecule has 1 aliphatic rings. The van der Waals surface area contributed by atoms with Crippen molar-refractivity contribution in [1.29, 1.82) is 0 Å². The number of nitrogens with one attached hydrogen (secondary N) is 2. The van der Waals surface area contributed by atoms with Gasteiger partial charge in [-0.3, -0.25) is 4.79 Å². The molecule has 0 bridgehead atoms. The van der Waals surface area contributed by atoms with Gasteiger partial charge in [0.1, 0.15) is 5.75 Å². The molecular formula is C16H24N2O2. The number of aryl methyl sites for hydroxylation is 2. The van der Waals surface area contributed by atoms with Crippen LogP contribution in [0.25, 0.3) is 0 Å². The van der Waals surface area contributed by atoms with E-state index in [1.165, 1.54) is 11.1 Å². The number of methoxy groups -OCH3 is 1. The molecule has 1 aromatic rings. The predicted octanol–water partition coefficient (Wildman–Crippen LogP) is 1.93. The van der Waals surface area contributed by atoms with Gasteiger partial charge in [-0.1, -0.05) is 6.07 Å². The van der Waals surface area contributed by atoms with E-state index in [9.17, 15) is 4.79 Å². The van der Waals surface area contributed by atoms with Crippen molar-refractivity contribution in [2.75, 3.05) is 20.2 Å². The molecule has 1 aliphatic heterocycles. The first kappa shape index (κ1) is 14.9. The number of carbonyl (C=O) groups excluding carboxylic acids is 1. The van der Waals surface area contributed by atoms with Gasteiger partial charge in [-0.15, -0.1) is 0 Å². The molecule has 0 atom stereocenters. The van der Waals surface area contributed by atoms with Crippen molar-refractivity contribution in [3.05, 3.63) is 28.8 Å². The Morgan fingerprint density at radius 2 is 1.95 bits per heavy atom. The molecule has 4 heteroatoms. The topological polar surface area (TPSA) is 50.4 Å². The Balaban J connectivity index is 1.99. The summed E-state index contributed by atoms with van der Waals surface area (Å²) in [6.45, 7) is 6.55. The Labute approximate surface area is 120 Å². The second-order valence-corrected chi connectivity index (χ2v) is 5.49. The third kappa shape index (κ3) is 3.51. The molecule has 4 nitrogen and oxygen atoms in total. The maximum absolute atomic E-state index is 12.1. The Kier molecular flexibility index (Phi) is 5.01. The van der Waals surface area contributed by atoms with E-state index in [2.05, 4.69) is 30.5 Å². The summed E-state index contributed by atoms with van der Waals surface area (Å²) in [5, 5.41) is 6.32. The number of carbonyl (C=O) groups is 1. The van der Waals surface area contributed by atoms with Crippen molar-refractivity contribution in [3.8, 4) is 5.75 Å². The summed E-state index contributed by atoms with van der Waals surface area (Å²) in [6.07, 6.45) is 1.85. The molecule has 2 rings (SSSR count). The van der Waals surface area contributed by atoms with Crippen molar-refractivity contribution in [2.24, 2.45) is 5.92 Å². The molecule has 20 heavy (non-hydrogen) atoms. The highest BCUT2D eigenvalue weighted by Crippen LogP contribution is 2.23. The van der Waals surface area contributed by atoms with Gasteiger partial charge in [0.25, 0.3) is 0 Å². The van der Waals surface area contributed by atoms with Crippen LogP contribution >= 0.6 is 0 Å². The Bertz CT molecular complexity index is 480. The van der Waals surface area contributed by atoms with Crippen LogP contribution < -0.4 is 15.4 Å². The van der Waals surface area contributed by atoms with Crippen LogP contribution in [0.2, 0.25) is 0 Å². The fourth-order valence-electron chi connectivity index (χ4n) is 2.59. The molecule has 1 fully saturated rings. The Hall–Kier alpha value is -1.55. The molecule has 1 amide bonds. The van der Waals surface area contributed by atoms with E-state index in [0.29, 0.717) is 6.54 Å². The third-order valence-electron chi connectivity index (χ3n) is 4.06. The smallest absolute Gasteiger partial charge is 0.223 e. The van der Waals surface area contributed by atoms with Gasteiger partial charge in [0.05, 0.1) is 7.11 Å². The molecule has 110 valence electrons. The molecular weight excluding hydrogens is 252 g/mol. The molecule has 0 spiro atoms. The molecule has 0 aliphatic carbocycles. The van der Waals surface area contributed by atoms with E-state index < -0.39 is 0 Å². The lowest BCUT2D eigenvalue weighted by atomic mass is 9.97. The minimum atomic E-state index is 0.147. The lowest BCUT2D eigenvalue weighted by molar-refractivity contribution is -0.125. The van der Waals surface area contributed by atoms with Crippen LogP contribution in [0.15, 0.2) is 12.1 Å². The molecule has 1 aromatic carbocycles. The molecule has 0 saturated carbocycles. The summed E-state index contributed by atoms with van der Waals surface area (Å²) in [5.74, 6) is 1.15. The van der Waals surface area contributed by atoms with Crippen LogP contribution in [-0.4, -0.2) is 26.1 Å². The van der Waals surface area contributed by atoms with Crippen LogP contribution in [0.4, 0.5) is 0 Å². The highest BCUT2D eigenvalue weighted by atomic mass is 16.5. The standard InChI is InChI=1S/C16H24N2O2/c1-11-8-14(15(20-3)9-12(11)2)10-18-16(19)13-4-6-17-7-5-13/h8-9,13,17H,4-7,10H2,1-3H3,(H,18,19). The molecule has 0 aromatic heterocycles. The number of ether oxygens (including phenoxy) is 1. The number of amides is 1.